The standard InChI is InChI=1S/C10H11ClN2O2/c1-15-8-5-6(8)10(14)13-9-7(11)3-2-4-12-9/h2-4,6,8H,5H2,1H3,(H,12,13,14). The van der Waals surface area contributed by atoms with Gasteiger partial charge in [-0.2, -0.15) is 0 Å². The fourth-order valence-electron chi connectivity index (χ4n) is 1.40. The third-order valence-corrected chi connectivity index (χ3v) is 2.68. The minimum atomic E-state index is -0.0811. The number of halogens is 1. The smallest absolute Gasteiger partial charge is 0.231 e. The van der Waals surface area contributed by atoms with Crippen LogP contribution in [0.2, 0.25) is 5.02 Å². The van der Waals surface area contributed by atoms with E-state index in [-0.39, 0.29) is 17.9 Å². The summed E-state index contributed by atoms with van der Waals surface area (Å²) in [7, 11) is 1.60. The molecule has 2 atom stereocenters. The molecule has 1 aliphatic rings. The lowest BCUT2D eigenvalue weighted by molar-refractivity contribution is -0.118. The Morgan fingerprint density at radius 1 is 1.73 bits per heavy atom. The third kappa shape index (κ3) is 2.27. The SMILES string of the molecule is COC1CC1C(=O)Nc1ncccc1Cl. The summed E-state index contributed by atoms with van der Waals surface area (Å²) >= 11 is 5.86. The summed E-state index contributed by atoms with van der Waals surface area (Å²) in [5.41, 5.74) is 0. The molecule has 1 saturated carbocycles. The molecule has 0 saturated heterocycles. The Balaban J connectivity index is 1.98. The largest absolute Gasteiger partial charge is 0.381 e. The molecule has 2 unspecified atom stereocenters. The monoisotopic (exact) mass is 226 g/mol. The molecule has 1 fully saturated rings. The molecule has 0 spiro atoms. The van der Waals surface area contributed by atoms with Gasteiger partial charge in [-0.25, -0.2) is 4.98 Å². The van der Waals surface area contributed by atoms with Gasteiger partial charge in [0, 0.05) is 13.3 Å². The summed E-state index contributed by atoms with van der Waals surface area (Å²) in [4.78, 5) is 15.6. The van der Waals surface area contributed by atoms with Crippen LogP contribution in [-0.4, -0.2) is 24.1 Å². The lowest BCUT2D eigenvalue weighted by atomic mass is 10.3. The summed E-state index contributed by atoms with van der Waals surface area (Å²) < 4.78 is 5.05. The van der Waals surface area contributed by atoms with Crippen molar-refractivity contribution in [2.24, 2.45) is 5.92 Å². The van der Waals surface area contributed by atoms with Crippen molar-refractivity contribution in [1.29, 1.82) is 0 Å². The molecule has 4 nitrogen and oxygen atoms in total. The van der Waals surface area contributed by atoms with Crippen LogP contribution in [0.15, 0.2) is 18.3 Å². The van der Waals surface area contributed by atoms with Gasteiger partial charge >= 0.3 is 0 Å². The molecule has 15 heavy (non-hydrogen) atoms. The summed E-state index contributed by atoms with van der Waals surface area (Å²) in [5.74, 6) is 0.265. The molecule has 80 valence electrons. The zero-order chi connectivity index (χ0) is 10.8. The zero-order valence-corrected chi connectivity index (χ0v) is 8.99. The Hall–Kier alpha value is -1.13. The molecule has 1 aliphatic carbocycles. The Kier molecular flexibility index (Phi) is 2.88. The second-order valence-electron chi connectivity index (χ2n) is 3.44. The van der Waals surface area contributed by atoms with Gasteiger partial charge in [0.05, 0.1) is 17.0 Å². The maximum absolute atomic E-state index is 11.6. The predicted octanol–water partition coefficient (Wildman–Crippen LogP) is 1.71. The highest BCUT2D eigenvalue weighted by Gasteiger charge is 2.43. The number of nitrogens with one attached hydrogen (secondary N) is 1. The molecule has 0 aromatic carbocycles. The highest BCUT2D eigenvalue weighted by molar-refractivity contribution is 6.33. The number of nitrogens with zero attached hydrogens (tertiary/aromatic N) is 1. The van der Waals surface area contributed by atoms with Crippen molar-refractivity contribution in [1.82, 2.24) is 4.98 Å². The van der Waals surface area contributed by atoms with Gasteiger partial charge in [0.1, 0.15) is 0 Å². The maximum Gasteiger partial charge on any atom is 0.231 e. The van der Waals surface area contributed by atoms with Crippen LogP contribution in [0.5, 0.6) is 0 Å². The van der Waals surface area contributed by atoms with Crippen molar-refractivity contribution in [2.45, 2.75) is 12.5 Å². The van der Waals surface area contributed by atoms with Crippen LogP contribution < -0.4 is 5.32 Å². The summed E-state index contributed by atoms with van der Waals surface area (Å²) in [6.45, 7) is 0. The molecule has 0 aliphatic heterocycles. The van der Waals surface area contributed by atoms with Crippen LogP contribution in [0, 0.1) is 5.92 Å². The van der Waals surface area contributed by atoms with Gasteiger partial charge in [-0.05, 0) is 18.6 Å². The number of rotatable bonds is 3. The number of hydrogen-bond donors (Lipinski definition) is 1. The van der Waals surface area contributed by atoms with E-state index in [2.05, 4.69) is 10.3 Å². The van der Waals surface area contributed by atoms with Gasteiger partial charge in [0.25, 0.3) is 0 Å². The van der Waals surface area contributed by atoms with Crippen molar-refractivity contribution < 1.29 is 9.53 Å². The van der Waals surface area contributed by atoms with Crippen molar-refractivity contribution in [3.05, 3.63) is 23.4 Å². The number of amides is 1. The number of carbonyl (C=O) groups excluding carboxylic acids is 1. The molecule has 1 aromatic rings. The van der Waals surface area contributed by atoms with E-state index < -0.39 is 0 Å². The first-order valence-corrected chi connectivity index (χ1v) is 5.04. The van der Waals surface area contributed by atoms with Crippen LogP contribution in [0.25, 0.3) is 0 Å². The number of anilines is 1. The van der Waals surface area contributed by atoms with E-state index in [1.54, 1.807) is 25.4 Å². The second kappa shape index (κ2) is 4.16. The summed E-state index contributed by atoms with van der Waals surface area (Å²) in [5, 5.41) is 3.12. The van der Waals surface area contributed by atoms with Crippen molar-refractivity contribution in [3.63, 3.8) is 0 Å². The number of aromatic nitrogens is 1. The van der Waals surface area contributed by atoms with E-state index in [9.17, 15) is 4.79 Å². The van der Waals surface area contributed by atoms with Gasteiger partial charge in [-0.15, -0.1) is 0 Å². The van der Waals surface area contributed by atoms with E-state index >= 15 is 0 Å². The Morgan fingerprint density at radius 3 is 3.13 bits per heavy atom. The normalized spacial score (nSPS) is 23.6. The van der Waals surface area contributed by atoms with Gasteiger partial charge in [-0.1, -0.05) is 11.6 Å². The molecule has 1 amide bonds. The lowest BCUT2D eigenvalue weighted by Gasteiger charge is -2.04. The summed E-state index contributed by atoms with van der Waals surface area (Å²) in [6.07, 6.45) is 2.40. The summed E-state index contributed by atoms with van der Waals surface area (Å²) in [6, 6.07) is 3.40. The van der Waals surface area contributed by atoms with Crippen LogP contribution in [-0.2, 0) is 9.53 Å². The Bertz CT molecular complexity index is 383. The minimum Gasteiger partial charge on any atom is -0.381 e. The lowest BCUT2D eigenvalue weighted by Crippen LogP contribution is -2.17. The highest BCUT2D eigenvalue weighted by atomic mass is 35.5. The van der Waals surface area contributed by atoms with Gasteiger partial charge < -0.3 is 10.1 Å². The predicted molar refractivity (Wildman–Crippen MR) is 56.8 cm³/mol. The van der Waals surface area contributed by atoms with Crippen LogP contribution >= 0.6 is 11.6 Å². The molecular weight excluding hydrogens is 216 g/mol. The first-order valence-electron chi connectivity index (χ1n) is 4.66. The zero-order valence-electron chi connectivity index (χ0n) is 8.24. The van der Waals surface area contributed by atoms with E-state index in [4.69, 9.17) is 16.3 Å². The average molecular weight is 227 g/mol. The maximum atomic E-state index is 11.6. The van der Waals surface area contributed by atoms with E-state index in [0.29, 0.717) is 10.8 Å². The number of hydrogen-bond acceptors (Lipinski definition) is 3. The molecule has 0 bridgehead atoms. The van der Waals surface area contributed by atoms with Gasteiger partial charge in [0.2, 0.25) is 5.91 Å². The number of carbonyl (C=O) groups is 1. The van der Waals surface area contributed by atoms with Crippen LogP contribution in [0.1, 0.15) is 6.42 Å². The number of pyridine rings is 1. The van der Waals surface area contributed by atoms with Gasteiger partial charge in [-0.3, -0.25) is 4.79 Å². The highest BCUT2D eigenvalue weighted by Crippen LogP contribution is 2.34. The minimum absolute atomic E-state index is 0.0486. The fraction of sp³-hybridized carbons (Fsp3) is 0.400. The van der Waals surface area contributed by atoms with E-state index in [1.165, 1.54) is 0 Å². The van der Waals surface area contributed by atoms with Crippen molar-refractivity contribution in [3.8, 4) is 0 Å². The van der Waals surface area contributed by atoms with Gasteiger partial charge in [0.15, 0.2) is 5.82 Å². The van der Waals surface area contributed by atoms with Crippen LogP contribution in [0.4, 0.5) is 5.82 Å². The molecular formula is C10H11ClN2O2. The van der Waals surface area contributed by atoms with E-state index in [1.807, 2.05) is 0 Å². The fourth-order valence-corrected chi connectivity index (χ4v) is 1.56. The number of ether oxygens (including phenoxy) is 1. The molecule has 2 rings (SSSR count). The molecule has 5 heteroatoms. The Morgan fingerprint density at radius 2 is 2.53 bits per heavy atom. The molecule has 1 aromatic heterocycles. The third-order valence-electron chi connectivity index (χ3n) is 2.37. The first kappa shape index (κ1) is 10.4. The van der Waals surface area contributed by atoms with Crippen molar-refractivity contribution >= 4 is 23.3 Å². The molecule has 0 radical (unpaired) electrons. The first-order chi connectivity index (χ1) is 7.22. The second-order valence-corrected chi connectivity index (χ2v) is 3.85. The molecule has 1 N–H and O–H groups in total. The topological polar surface area (TPSA) is 51.2 Å². The average Bonchev–Trinajstić information content (AvgIpc) is 3.00. The molecule has 1 heterocycles. The van der Waals surface area contributed by atoms with Crippen molar-refractivity contribution in [2.75, 3.05) is 12.4 Å². The van der Waals surface area contributed by atoms with E-state index in [0.717, 1.165) is 6.42 Å². The number of methoxy groups -OCH3 is 1. The van der Waals surface area contributed by atoms with Crippen LogP contribution in [0.3, 0.4) is 0 Å². The Labute approximate surface area is 92.6 Å². The quantitative estimate of drug-likeness (QED) is 0.854.